The Labute approximate surface area is 93.9 Å². The molecule has 1 aromatic rings. The van der Waals surface area contributed by atoms with Crippen molar-refractivity contribution in [2.45, 2.75) is 31.7 Å². The average molecular weight is 224 g/mol. The Hall–Kier alpha value is -1.03. The smallest absolute Gasteiger partial charge is 0.315 e. The summed E-state index contributed by atoms with van der Waals surface area (Å²) in [6.45, 7) is 0.721. The van der Waals surface area contributed by atoms with Crippen molar-refractivity contribution in [2.75, 3.05) is 6.54 Å². The number of amides is 2. The highest BCUT2D eigenvalue weighted by atomic mass is 32.1. The summed E-state index contributed by atoms with van der Waals surface area (Å²) in [5, 5.41) is 7.89. The number of nitrogens with one attached hydrogen (secondary N) is 2. The predicted octanol–water partition coefficient (Wildman–Crippen LogP) is 2.14. The van der Waals surface area contributed by atoms with E-state index in [4.69, 9.17) is 0 Å². The molecule has 4 heteroatoms. The maximum atomic E-state index is 11.4. The zero-order valence-electron chi connectivity index (χ0n) is 8.66. The molecule has 0 aliphatic heterocycles. The van der Waals surface area contributed by atoms with Crippen molar-refractivity contribution in [3.8, 4) is 0 Å². The molecular weight excluding hydrogens is 208 g/mol. The summed E-state index contributed by atoms with van der Waals surface area (Å²) in [6, 6.07) is 4.54. The van der Waals surface area contributed by atoms with E-state index in [0.717, 1.165) is 25.8 Å². The predicted molar refractivity (Wildman–Crippen MR) is 62.2 cm³/mol. The molecule has 0 bridgehead atoms. The maximum Gasteiger partial charge on any atom is 0.315 e. The van der Waals surface area contributed by atoms with Gasteiger partial charge < -0.3 is 10.6 Å². The van der Waals surface area contributed by atoms with Crippen molar-refractivity contribution >= 4 is 17.4 Å². The quantitative estimate of drug-likeness (QED) is 0.808. The third-order valence-corrected chi connectivity index (χ3v) is 3.61. The van der Waals surface area contributed by atoms with Gasteiger partial charge in [0.1, 0.15) is 0 Å². The summed E-state index contributed by atoms with van der Waals surface area (Å²) in [6.07, 6.45) is 4.45. The Kier molecular flexibility index (Phi) is 3.61. The molecule has 3 nitrogen and oxygen atoms in total. The van der Waals surface area contributed by atoms with Gasteiger partial charge in [-0.3, -0.25) is 0 Å². The molecule has 0 aromatic carbocycles. The molecule has 1 aliphatic carbocycles. The summed E-state index contributed by atoms with van der Waals surface area (Å²) in [4.78, 5) is 12.7. The van der Waals surface area contributed by atoms with Crippen LogP contribution < -0.4 is 10.6 Å². The van der Waals surface area contributed by atoms with E-state index >= 15 is 0 Å². The van der Waals surface area contributed by atoms with Gasteiger partial charge in [-0.25, -0.2) is 4.79 Å². The number of hydrogen-bond acceptors (Lipinski definition) is 2. The van der Waals surface area contributed by atoms with Gasteiger partial charge in [-0.2, -0.15) is 0 Å². The number of urea groups is 1. The van der Waals surface area contributed by atoms with E-state index < -0.39 is 0 Å². The van der Waals surface area contributed by atoms with E-state index in [0.29, 0.717) is 6.04 Å². The second-order valence-electron chi connectivity index (χ2n) is 3.86. The zero-order chi connectivity index (χ0) is 10.5. The molecule has 2 amide bonds. The number of carbonyl (C=O) groups excluding carboxylic acids is 1. The van der Waals surface area contributed by atoms with Crippen molar-refractivity contribution in [1.29, 1.82) is 0 Å². The lowest BCUT2D eigenvalue weighted by Crippen LogP contribution is -2.45. The Morgan fingerprint density at radius 2 is 2.40 bits per heavy atom. The Bertz CT molecular complexity index is 306. The van der Waals surface area contributed by atoms with E-state index in [1.807, 2.05) is 6.07 Å². The fourth-order valence-corrected chi connectivity index (χ4v) is 2.25. The van der Waals surface area contributed by atoms with Gasteiger partial charge in [0.2, 0.25) is 0 Å². The molecule has 1 saturated carbocycles. The van der Waals surface area contributed by atoms with Crippen LogP contribution in [0.1, 0.15) is 24.1 Å². The molecule has 0 saturated heterocycles. The minimum atomic E-state index is -0.0174. The first-order chi connectivity index (χ1) is 7.34. The molecule has 1 fully saturated rings. The van der Waals surface area contributed by atoms with Crippen LogP contribution in [0.2, 0.25) is 0 Å². The van der Waals surface area contributed by atoms with Gasteiger partial charge in [-0.1, -0.05) is 6.07 Å². The molecule has 0 radical (unpaired) electrons. The van der Waals surface area contributed by atoms with Crippen LogP contribution in [0.5, 0.6) is 0 Å². The lowest BCUT2D eigenvalue weighted by Gasteiger charge is -2.26. The van der Waals surface area contributed by atoms with Gasteiger partial charge in [0.15, 0.2) is 0 Å². The minimum absolute atomic E-state index is 0.0174. The molecule has 0 atom stereocenters. The number of hydrogen-bond donors (Lipinski definition) is 2. The lowest BCUT2D eigenvalue weighted by molar-refractivity contribution is 0.228. The average Bonchev–Trinajstić information content (AvgIpc) is 2.64. The first kappa shape index (κ1) is 10.5. The fourth-order valence-electron chi connectivity index (χ4n) is 1.54. The van der Waals surface area contributed by atoms with E-state index in [1.54, 1.807) is 11.3 Å². The highest BCUT2D eigenvalue weighted by Gasteiger charge is 2.18. The van der Waals surface area contributed by atoms with Crippen LogP contribution in [0.4, 0.5) is 4.79 Å². The second kappa shape index (κ2) is 5.16. The number of rotatable bonds is 4. The van der Waals surface area contributed by atoms with Crippen molar-refractivity contribution in [3.05, 3.63) is 22.4 Å². The van der Waals surface area contributed by atoms with Crippen LogP contribution in [0, 0.1) is 0 Å². The number of carbonyl (C=O) groups is 1. The normalized spacial score (nSPS) is 15.7. The molecule has 82 valence electrons. The first-order valence-electron chi connectivity index (χ1n) is 5.41. The van der Waals surface area contributed by atoms with Gasteiger partial charge in [0.25, 0.3) is 0 Å². The topological polar surface area (TPSA) is 41.1 Å². The van der Waals surface area contributed by atoms with Gasteiger partial charge in [0.05, 0.1) is 0 Å². The molecule has 1 aliphatic rings. The van der Waals surface area contributed by atoms with Crippen molar-refractivity contribution in [2.24, 2.45) is 0 Å². The van der Waals surface area contributed by atoms with Gasteiger partial charge in [-0.15, -0.1) is 11.3 Å². The Balaban J connectivity index is 1.58. The molecule has 1 aromatic heterocycles. The van der Waals surface area contributed by atoms with Crippen LogP contribution in [0.25, 0.3) is 0 Å². The van der Waals surface area contributed by atoms with E-state index in [9.17, 15) is 4.79 Å². The summed E-state index contributed by atoms with van der Waals surface area (Å²) < 4.78 is 0. The van der Waals surface area contributed by atoms with Crippen LogP contribution in [0.3, 0.4) is 0 Å². The number of thiophene rings is 1. The summed E-state index contributed by atoms with van der Waals surface area (Å²) in [5.41, 5.74) is 0. The van der Waals surface area contributed by atoms with Gasteiger partial charge in [0, 0.05) is 17.5 Å². The molecule has 15 heavy (non-hydrogen) atoms. The van der Waals surface area contributed by atoms with Crippen molar-refractivity contribution in [1.82, 2.24) is 10.6 Å². The Morgan fingerprint density at radius 3 is 3.00 bits per heavy atom. The van der Waals surface area contributed by atoms with Crippen molar-refractivity contribution in [3.63, 3.8) is 0 Å². The van der Waals surface area contributed by atoms with Crippen molar-refractivity contribution < 1.29 is 4.79 Å². The monoisotopic (exact) mass is 224 g/mol. The second-order valence-corrected chi connectivity index (χ2v) is 4.89. The third kappa shape index (κ3) is 3.23. The minimum Gasteiger partial charge on any atom is -0.338 e. The molecule has 0 unspecified atom stereocenters. The zero-order valence-corrected chi connectivity index (χ0v) is 9.48. The Morgan fingerprint density at radius 1 is 1.53 bits per heavy atom. The molecule has 0 spiro atoms. The highest BCUT2D eigenvalue weighted by Crippen LogP contribution is 2.17. The highest BCUT2D eigenvalue weighted by molar-refractivity contribution is 7.09. The molecule has 2 N–H and O–H groups in total. The van der Waals surface area contributed by atoms with E-state index in [1.165, 1.54) is 11.3 Å². The van der Waals surface area contributed by atoms with Crippen LogP contribution in [-0.4, -0.2) is 18.6 Å². The fraction of sp³-hybridized carbons (Fsp3) is 0.545. The molecular formula is C11H16N2OS. The third-order valence-electron chi connectivity index (χ3n) is 2.68. The molecule has 1 heterocycles. The largest absolute Gasteiger partial charge is 0.338 e. The van der Waals surface area contributed by atoms with Crippen LogP contribution in [0.15, 0.2) is 17.5 Å². The SMILES string of the molecule is O=C(NCCc1cccs1)NC1CCC1. The van der Waals surface area contributed by atoms with E-state index in [-0.39, 0.29) is 6.03 Å². The summed E-state index contributed by atoms with van der Waals surface area (Å²) >= 11 is 1.73. The standard InChI is InChI=1S/C11H16N2OS/c14-11(13-9-3-1-4-9)12-7-6-10-5-2-8-15-10/h2,5,8-9H,1,3-4,6-7H2,(H2,12,13,14). The van der Waals surface area contributed by atoms with Crippen LogP contribution in [-0.2, 0) is 6.42 Å². The summed E-state index contributed by atoms with van der Waals surface area (Å²) in [7, 11) is 0. The first-order valence-corrected chi connectivity index (χ1v) is 6.29. The summed E-state index contributed by atoms with van der Waals surface area (Å²) in [5.74, 6) is 0. The van der Waals surface area contributed by atoms with Crippen LogP contribution >= 0.6 is 11.3 Å². The van der Waals surface area contributed by atoms with E-state index in [2.05, 4.69) is 22.1 Å². The van der Waals surface area contributed by atoms with Gasteiger partial charge >= 0.3 is 6.03 Å². The molecule has 2 rings (SSSR count). The van der Waals surface area contributed by atoms with Gasteiger partial charge in [-0.05, 0) is 37.1 Å². The maximum absolute atomic E-state index is 11.4. The lowest BCUT2D eigenvalue weighted by atomic mass is 9.93.